The van der Waals surface area contributed by atoms with Crippen LogP contribution in [0, 0.1) is 5.82 Å². The highest BCUT2D eigenvalue weighted by atomic mass is 19.4. The first-order chi connectivity index (χ1) is 14.2. The summed E-state index contributed by atoms with van der Waals surface area (Å²) in [7, 11) is 1.68. The Morgan fingerprint density at radius 3 is 2.27 bits per heavy atom. The number of hydrogen-bond donors (Lipinski definition) is 1. The van der Waals surface area contributed by atoms with E-state index in [9.17, 15) is 17.6 Å². The van der Waals surface area contributed by atoms with Gasteiger partial charge in [-0.2, -0.15) is 13.2 Å². The van der Waals surface area contributed by atoms with Crippen LogP contribution in [0.2, 0.25) is 0 Å². The fourth-order valence-electron chi connectivity index (χ4n) is 4.24. The summed E-state index contributed by atoms with van der Waals surface area (Å²) in [5.74, 6) is 0.415. The number of nitrogens with zero attached hydrogens (tertiary/aromatic N) is 3. The maximum atomic E-state index is 13.4. The molecule has 2 aliphatic heterocycles. The van der Waals surface area contributed by atoms with Gasteiger partial charge in [-0.3, -0.25) is 9.89 Å². The smallest absolute Gasteiger partial charge is 0.381 e. The summed E-state index contributed by atoms with van der Waals surface area (Å²) in [6, 6.07) is 5.15. The Kier molecular flexibility index (Phi) is 7.23. The lowest BCUT2D eigenvalue weighted by molar-refractivity contribution is -0.181. The van der Waals surface area contributed by atoms with Crippen molar-refractivity contribution in [3.05, 3.63) is 35.6 Å². The molecule has 9 heteroatoms. The number of guanidine groups is 1. The van der Waals surface area contributed by atoms with E-state index in [-0.39, 0.29) is 11.2 Å². The van der Waals surface area contributed by atoms with Crippen molar-refractivity contribution < 1.29 is 22.3 Å². The van der Waals surface area contributed by atoms with Crippen molar-refractivity contribution in [1.82, 2.24) is 15.1 Å². The normalized spacial score (nSPS) is 22.1. The molecule has 0 spiro atoms. The molecule has 1 aromatic rings. The van der Waals surface area contributed by atoms with Gasteiger partial charge in [-0.1, -0.05) is 12.1 Å². The lowest BCUT2D eigenvalue weighted by Gasteiger charge is -2.42. The summed E-state index contributed by atoms with van der Waals surface area (Å²) in [6.07, 6.45) is -2.61. The molecule has 2 aliphatic rings. The molecule has 168 valence electrons. The second-order valence-electron chi connectivity index (χ2n) is 8.04. The lowest BCUT2D eigenvalue weighted by Crippen LogP contribution is -2.57. The molecule has 1 atom stereocenters. The molecule has 0 amide bonds. The van der Waals surface area contributed by atoms with E-state index >= 15 is 0 Å². The van der Waals surface area contributed by atoms with Crippen molar-refractivity contribution in [3.63, 3.8) is 0 Å². The Hall–Kier alpha value is -1.87. The average molecular weight is 430 g/mol. The van der Waals surface area contributed by atoms with E-state index in [0.717, 1.165) is 18.4 Å². The Morgan fingerprint density at radius 1 is 1.13 bits per heavy atom. The van der Waals surface area contributed by atoms with E-state index in [4.69, 9.17) is 4.74 Å². The van der Waals surface area contributed by atoms with Gasteiger partial charge in [-0.25, -0.2) is 4.39 Å². The molecule has 0 aliphatic carbocycles. The number of halogens is 4. The van der Waals surface area contributed by atoms with Crippen LogP contribution in [0.5, 0.6) is 0 Å². The van der Waals surface area contributed by atoms with Crippen molar-refractivity contribution in [2.45, 2.75) is 37.4 Å². The first kappa shape index (κ1) is 22.8. The van der Waals surface area contributed by atoms with E-state index in [1.54, 1.807) is 7.05 Å². The van der Waals surface area contributed by atoms with Gasteiger partial charge < -0.3 is 15.0 Å². The third-order valence-electron chi connectivity index (χ3n) is 6.34. The summed E-state index contributed by atoms with van der Waals surface area (Å²) in [5, 5.41) is 3.42. The van der Waals surface area contributed by atoms with Crippen LogP contribution in [0.3, 0.4) is 0 Å². The summed E-state index contributed by atoms with van der Waals surface area (Å²) in [5.41, 5.74) is 0.855. The standard InChI is InChI=1S/C21H30F4N4O/c1-16(21(23,24)25)28-9-11-29(12-10-28)19(26-2)27-15-20(7-13-30-14-8-20)17-3-5-18(22)6-4-17/h3-6,16H,7-15H2,1-2H3,(H,26,27). The summed E-state index contributed by atoms with van der Waals surface area (Å²) >= 11 is 0. The third kappa shape index (κ3) is 5.24. The number of hydrogen-bond acceptors (Lipinski definition) is 3. The van der Waals surface area contributed by atoms with Crippen LogP contribution in [0.15, 0.2) is 29.3 Å². The van der Waals surface area contributed by atoms with Crippen LogP contribution in [0.1, 0.15) is 25.3 Å². The average Bonchev–Trinajstić information content (AvgIpc) is 2.74. The molecule has 5 nitrogen and oxygen atoms in total. The molecular formula is C21H30F4N4O. The van der Waals surface area contributed by atoms with E-state index < -0.39 is 12.2 Å². The zero-order valence-corrected chi connectivity index (χ0v) is 17.5. The number of benzene rings is 1. The van der Waals surface area contributed by atoms with Crippen molar-refractivity contribution >= 4 is 5.96 Å². The largest absolute Gasteiger partial charge is 0.403 e. The van der Waals surface area contributed by atoms with Crippen molar-refractivity contribution in [2.24, 2.45) is 4.99 Å². The highest BCUT2D eigenvalue weighted by Crippen LogP contribution is 2.34. The molecule has 1 N–H and O–H groups in total. The zero-order valence-electron chi connectivity index (χ0n) is 17.5. The quantitative estimate of drug-likeness (QED) is 0.453. The topological polar surface area (TPSA) is 40.1 Å². The minimum atomic E-state index is -4.22. The second-order valence-corrected chi connectivity index (χ2v) is 8.04. The van der Waals surface area contributed by atoms with Crippen LogP contribution in [-0.4, -0.2) is 81.0 Å². The van der Waals surface area contributed by atoms with Crippen LogP contribution in [0.25, 0.3) is 0 Å². The van der Waals surface area contributed by atoms with Crippen LogP contribution in [0.4, 0.5) is 17.6 Å². The fourth-order valence-corrected chi connectivity index (χ4v) is 4.24. The molecule has 3 rings (SSSR count). The molecule has 0 aromatic heterocycles. The minimum Gasteiger partial charge on any atom is -0.381 e. The second kappa shape index (κ2) is 9.51. The van der Waals surface area contributed by atoms with E-state index in [1.165, 1.54) is 24.0 Å². The highest BCUT2D eigenvalue weighted by molar-refractivity contribution is 5.80. The lowest BCUT2D eigenvalue weighted by atomic mass is 9.74. The first-order valence-electron chi connectivity index (χ1n) is 10.4. The van der Waals surface area contributed by atoms with Gasteiger partial charge in [0.05, 0.1) is 0 Å². The Labute approximate surface area is 175 Å². The molecule has 0 radical (unpaired) electrons. The van der Waals surface area contributed by atoms with Crippen LogP contribution < -0.4 is 5.32 Å². The predicted molar refractivity (Wildman–Crippen MR) is 108 cm³/mol. The Bertz CT molecular complexity index is 709. The monoisotopic (exact) mass is 430 g/mol. The van der Waals surface area contributed by atoms with E-state index in [0.29, 0.717) is 51.9 Å². The SMILES string of the molecule is CN=C(NCC1(c2ccc(F)cc2)CCOCC1)N1CCN(C(C)C(F)(F)F)CC1. The zero-order chi connectivity index (χ0) is 21.8. The van der Waals surface area contributed by atoms with Gasteiger partial charge in [0.15, 0.2) is 5.96 Å². The van der Waals surface area contributed by atoms with Gasteiger partial charge in [0.25, 0.3) is 0 Å². The minimum absolute atomic E-state index is 0.200. The summed E-state index contributed by atoms with van der Waals surface area (Å²) in [4.78, 5) is 7.81. The van der Waals surface area contributed by atoms with Gasteiger partial charge in [0.2, 0.25) is 0 Å². The van der Waals surface area contributed by atoms with E-state index in [2.05, 4.69) is 10.3 Å². The molecule has 1 aromatic carbocycles. The van der Waals surface area contributed by atoms with Gasteiger partial charge in [-0.15, -0.1) is 0 Å². The Morgan fingerprint density at radius 2 is 1.73 bits per heavy atom. The van der Waals surface area contributed by atoms with Gasteiger partial charge in [-0.05, 0) is 37.5 Å². The highest BCUT2D eigenvalue weighted by Gasteiger charge is 2.41. The molecular weight excluding hydrogens is 400 g/mol. The number of ether oxygens (including phenoxy) is 1. The van der Waals surface area contributed by atoms with Gasteiger partial charge in [0.1, 0.15) is 11.9 Å². The number of piperazine rings is 1. The number of alkyl halides is 3. The van der Waals surface area contributed by atoms with Gasteiger partial charge >= 0.3 is 6.18 Å². The van der Waals surface area contributed by atoms with Crippen molar-refractivity contribution in [3.8, 4) is 0 Å². The van der Waals surface area contributed by atoms with E-state index in [1.807, 2.05) is 17.0 Å². The molecule has 30 heavy (non-hydrogen) atoms. The number of rotatable bonds is 4. The van der Waals surface area contributed by atoms with Crippen molar-refractivity contribution in [2.75, 3.05) is 53.0 Å². The first-order valence-corrected chi connectivity index (χ1v) is 10.4. The maximum Gasteiger partial charge on any atom is 0.403 e. The summed E-state index contributed by atoms with van der Waals surface area (Å²) < 4.78 is 57.9. The van der Waals surface area contributed by atoms with Crippen LogP contribution >= 0.6 is 0 Å². The molecule has 2 saturated heterocycles. The predicted octanol–water partition coefficient (Wildman–Crippen LogP) is 3.02. The number of nitrogens with one attached hydrogen (secondary N) is 1. The fraction of sp³-hybridized carbons (Fsp3) is 0.667. The molecule has 1 unspecified atom stereocenters. The Balaban J connectivity index is 1.63. The third-order valence-corrected chi connectivity index (χ3v) is 6.34. The molecule has 0 saturated carbocycles. The molecule has 2 fully saturated rings. The number of aliphatic imine (C=N–C) groups is 1. The van der Waals surface area contributed by atoms with Crippen LogP contribution in [-0.2, 0) is 10.2 Å². The van der Waals surface area contributed by atoms with Crippen molar-refractivity contribution in [1.29, 1.82) is 0 Å². The molecule has 0 bridgehead atoms. The molecule has 2 heterocycles. The maximum absolute atomic E-state index is 13.4. The van der Waals surface area contributed by atoms with Gasteiger partial charge in [0, 0.05) is 58.4 Å². The summed E-state index contributed by atoms with van der Waals surface area (Å²) in [6.45, 7) is 4.70.